The van der Waals surface area contributed by atoms with Crippen LogP contribution >= 0.6 is 0 Å². The van der Waals surface area contributed by atoms with Gasteiger partial charge in [-0.1, -0.05) is 65.8 Å². The lowest BCUT2D eigenvalue weighted by Crippen LogP contribution is -2.39. The molecule has 3 aromatic rings. The van der Waals surface area contributed by atoms with Gasteiger partial charge in [0.25, 0.3) is 0 Å². The fraction of sp³-hybridized carbons (Fsp3) is 0.296. The quantitative estimate of drug-likeness (QED) is 0.480. The lowest BCUT2D eigenvalue weighted by Gasteiger charge is -2.27. The number of para-hydroxylation sites is 1. The highest BCUT2D eigenvalue weighted by Gasteiger charge is 2.26. The first-order valence-electron chi connectivity index (χ1n) is 11.2. The molecule has 172 valence electrons. The Morgan fingerprint density at radius 1 is 1.00 bits per heavy atom. The van der Waals surface area contributed by atoms with Crippen molar-refractivity contribution in [3.05, 3.63) is 96.1 Å². The van der Waals surface area contributed by atoms with Crippen molar-refractivity contribution in [2.45, 2.75) is 25.2 Å². The lowest BCUT2D eigenvalue weighted by atomic mass is 10.0. The highest BCUT2D eigenvalue weighted by Crippen LogP contribution is 2.20. The minimum Gasteiger partial charge on any atom is -0.497 e. The molecule has 0 bridgehead atoms. The van der Waals surface area contributed by atoms with Gasteiger partial charge in [0.1, 0.15) is 30.3 Å². The first kappa shape index (κ1) is 22.8. The topological polar surface area (TPSA) is 63.5 Å². The molecule has 0 aromatic heterocycles. The molecule has 1 N–H and O–H groups in total. The molecule has 1 aliphatic heterocycles. The van der Waals surface area contributed by atoms with E-state index in [2.05, 4.69) is 16.1 Å². The third kappa shape index (κ3) is 6.81. The van der Waals surface area contributed by atoms with Crippen LogP contribution in [0.2, 0.25) is 0 Å². The first-order valence-corrected chi connectivity index (χ1v) is 11.2. The maximum absolute atomic E-state index is 10.7. The van der Waals surface area contributed by atoms with Crippen LogP contribution in [0.15, 0.2) is 90.1 Å². The third-order valence-corrected chi connectivity index (χ3v) is 5.50. The standard InChI is InChI=1S/C27H30N2O4/c1-31-25-14-8-9-21(15-25)17-29(18-23(30)20-32-24-12-6-3-7-13-24)19-26-16-27(28-33-26)22-10-4-2-5-11-22/h2-15,23,26,30H,16-20H2,1H3. The van der Waals surface area contributed by atoms with Crippen LogP contribution in [0.5, 0.6) is 11.5 Å². The van der Waals surface area contributed by atoms with Gasteiger partial charge < -0.3 is 19.4 Å². The number of methoxy groups -OCH3 is 1. The van der Waals surface area contributed by atoms with Crippen LogP contribution in [0.1, 0.15) is 17.5 Å². The highest BCUT2D eigenvalue weighted by molar-refractivity contribution is 6.01. The molecule has 0 fully saturated rings. The van der Waals surface area contributed by atoms with Gasteiger partial charge in [0, 0.05) is 26.1 Å². The summed E-state index contributed by atoms with van der Waals surface area (Å²) < 4.78 is 11.1. The molecule has 0 spiro atoms. The summed E-state index contributed by atoms with van der Waals surface area (Å²) in [4.78, 5) is 7.94. The van der Waals surface area contributed by atoms with Crippen molar-refractivity contribution in [1.82, 2.24) is 4.90 Å². The fourth-order valence-corrected chi connectivity index (χ4v) is 3.91. The number of aliphatic hydroxyl groups excluding tert-OH is 1. The molecule has 33 heavy (non-hydrogen) atoms. The van der Waals surface area contributed by atoms with Gasteiger partial charge in [-0.3, -0.25) is 4.90 Å². The van der Waals surface area contributed by atoms with E-state index in [1.54, 1.807) is 7.11 Å². The van der Waals surface area contributed by atoms with E-state index >= 15 is 0 Å². The third-order valence-electron chi connectivity index (χ3n) is 5.50. The Morgan fingerprint density at radius 2 is 1.73 bits per heavy atom. The average Bonchev–Trinajstić information content (AvgIpc) is 3.32. The molecule has 0 aliphatic carbocycles. The summed E-state index contributed by atoms with van der Waals surface area (Å²) in [6.45, 7) is 1.96. The monoisotopic (exact) mass is 446 g/mol. The average molecular weight is 447 g/mol. The van der Waals surface area contributed by atoms with Crippen molar-refractivity contribution >= 4 is 5.71 Å². The number of benzene rings is 3. The molecule has 6 nitrogen and oxygen atoms in total. The van der Waals surface area contributed by atoms with Gasteiger partial charge in [0.2, 0.25) is 0 Å². The van der Waals surface area contributed by atoms with Crippen molar-refractivity contribution in [3.8, 4) is 11.5 Å². The van der Waals surface area contributed by atoms with E-state index in [4.69, 9.17) is 14.3 Å². The van der Waals surface area contributed by atoms with E-state index in [1.807, 2.05) is 78.9 Å². The van der Waals surface area contributed by atoms with E-state index in [-0.39, 0.29) is 12.7 Å². The molecule has 0 saturated carbocycles. The van der Waals surface area contributed by atoms with Crippen molar-refractivity contribution in [2.24, 2.45) is 5.16 Å². The minimum absolute atomic E-state index is 0.0759. The summed E-state index contributed by atoms with van der Waals surface area (Å²) in [7, 11) is 1.66. The van der Waals surface area contributed by atoms with Gasteiger partial charge in [-0.25, -0.2) is 0 Å². The first-order chi connectivity index (χ1) is 16.2. The number of nitrogens with zero attached hydrogens (tertiary/aromatic N) is 2. The number of hydrogen-bond donors (Lipinski definition) is 1. The van der Waals surface area contributed by atoms with E-state index in [9.17, 15) is 5.11 Å². The van der Waals surface area contributed by atoms with E-state index < -0.39 is 6.10 Å². The number of hydrogen-bond acceptors (Lipinski definition) is 6. The van der Waals surface area contributed by atoms with Crippen LogP contribution in [0, 0.1) is 0 Å². The summed E-state index contributed by atoms with van der Waals surface area (Å²) in [6, 6.07) is 27.6. The Labute approximate surface area is 195 Å². The van der Waals surface area contributed by atoms with Crippen molar-refractivity contribution in [2.75, 3.05) is 26.8 Å². The van der Waals surface area contributed by atoms with Crippen LogP contribution in [0.4, 0.5) is 0 Å². The molecule has 0 saturated heterocycles. The van der Waals surface area contributed by atoms with Crippen LogP contribution < -0.4 is 9.47 Å². The summed E-state index contributed by atoms with van der Waals surface area (Å²) >= 11 is 0. The second-order valence-electron chi connectivity index (χ2n) is 8.16. The van der Waals surface area contributed by atoms with E-state index in [0.29, 0.717) is 19.6 Å². The van der Waals surface area contributed by atoms with E-state index in [1.165, 1.54) is 0 Å². The SMILES string of the molecule is COc1cccc(CN(CC(O)COc2ccccc2)CC2CC(c3ccccc3)=NO2)c1. The Hall–Kier alpha value is -3.35. The van der Waals surface area contributed by atoms with Crippen molar-refractivity contribution < 1.29 is 19.4 Å². The van der Waals surface area contributed by atoms with Crippen LogP contribution in [-0.4, -0.2) is 54.7 Å². The Kier molecular flexibility index (Phi) is 7.95. The van der Waals surface area contributed by atoms with Crippen LogP contribution in [0.3, 0.4) is 0 Å². The van der Waals surface area contributed by atoms with Crippen LogP contribution in [-0.2, 0) is 11.4 Å². The normalized spacial score (nSPS) is 16.2. The predicted molar refractivity (Wildman–Crippen MR) is 129 cm³/mol. The molecular formula is C27H30N2O4. The van der Waals surface area contributed by atoms with Gasteiger partial charge in [0.05, 0.1) is 12.8 Å². The Balaban J connectivity index is 1.38. The Morgan fingerprint density at radius 3 is 2.48 bits per heavy atom. The molecule has 6 heteroatoms. The predicted octanol–water partition coefficient (Wildman–Crippen LogP) is 4.13. The number of aliphatic hydroxyl groups is 1. The molecule has 2 atom stereocenters. The Bertz CT molecular complexity index is 1030. The largest absolute Gasteiger partial charge is 0.497 e. The zero-order valence-corrected chi connectivity index (χ0v) is 18.8. The number of rotatable bonds is 11. The highest BCUT2D eigenvalue weighted by atomic mass is 16.6. The second kappa shape index (κ2) is 11.5. The number of ether oxygens (including phenoxy) is 2. The molecule has 1 aliphatic rings. The fourth-order valence-electron chi connectivity index (χ4n) is 3.91. The van der Waals surface area contributed by atoms with Crippen molar-refractivity contribution in [3.63, 3.8) is 0 Å². The molecule has 2 unspecified atom stereocenters. The molecule has 0 radical (unpaired) electrons. The summed E-state index contributed by atoms with van der Waals surface area (Å²) in [5.41, 5.74) is 3.14. The molecule has 1 heterocycles. The number of oxime groups is 1. The summed E-state index contributed by atoms with van der Waals surface area (Å²) in [6.07, 6.45) is 0.00896. The second-order valence-corrected chi connectivity index (χ2v) is 8.16. The molecule has 4 rings (SSSR count). The molecule has 3 aromatic carbocycles. The minimum atomic E-state index is -0.647. The summed E-state index contributed by atoms with van der Waals surface area (Å²) in [5.74, 6) is 1.56. The molecular weight excluding hydrogens is 416 g/mol. The van der Waals surface area contributed by atoms with Gasteiger partial charge >= 0.3 is 0 Å². The van der Waals surface area contributed by atoms with Gasteiger partial charge in [-0.2, -0.15) is 0 Å². The van der Waals surface area contributed by atoms with Crippen molar-refractivity contribution in [1.29, 1.82) is 0 Å². The van der Waals surface area contributed by atoms with Gasteiger partial charge in [0.15, 0.2) is 0 Å². The molecule has 0 amide bonds. The van der Waals surface area contributed by atoms with Crippen LogP contribution in [0.25, 0.3) is 0 Å². The maximum atomic E-state index is 10.7. The van der Waals surface area contributed by atoms with Gasteiger partial charge in [-0.15, -0.1) is 0 Å². The summed E-state index contributed by atoms with van der Waals surface area (Å²) in [5, 5.41) is 15.0. The maximum Gasteiger partial charge on any atom is 0.145 e. The zero-order valence-electron chi connectivity index (χ0n) is 18.8. The van der Waals surface area contributed by atoms with Gasteiger partial charge in [-0.05, 0) is 35.4 Å². The lowest BCUT2D eigenvalue weighted by molar-refractivity contribution is 0.0213. The smallest absolute Gasteiger partial charge is 0.145 e. The zero-order chi connectivity index (χ0) is 22.9. The van der Waals surface area contributed by atoms with E-state index in [0.717, 1.165) is 34.8 Å².